The van der Waals surface area contributed by atoms with Crippen LogP contribution in [0.15, 0.2) is 54.6 Å². The van der Waals surface area contributed by atoms with E-state index >= 15 is 0 Å². The van der Waals surface area contributed by atoms with Gasteiger partial charge in [-0.15, -0.1) is 0 Å². The zero-order chi connectivity index (χ0) is 14.8. The Balaban J connectivity index is 2.10. The Hall–Kier alpha value is -2.26. The topological polar surface area (TPSA) is 25.8 Å². The van der Waals surface area contributed by atoms with Crippen molar-refractivity contribution >= 4 is 11.6 Å². The summed E-state index contributed by atoms with van der Waals surface area (Å²) in [6.45, 7) is 2.00. The maximum Gasteiger partial charge on any atom is 0.217 e. The smallest absolute Gasteiger partial charge is 0.217 e. The lowest BCUT2D eigenvalue weighted by molar-refractivity contribution is 0.582. The summed E-state index contributed by atoms with van der Waals surface area (Å²) >= 11 is 5.96. The first-order valence-electron chi connectivity index (χ1n) is 6.49. The lowest BCUT2D eigenvalue weighted by atomic mass is 10.1. The number of nitrogens with zero attached hydrogens (tertiary/aromatic N) is 2. The SMILES string of the molecule is Cc1ccc(-c2cc(F)nc(-c3cccc(Cl)c3)n2)cc1. The van der Waals surface area contributed by atoms with Crippen LogP contribution in [-0.4, -0.2) is 9.97 Å². The first-order valence-corrected chi connectivity index (χ1v) is 6.87. The highest BCUT2D eigenvalue weighted by Crippen LogP contribution is 2.24. The number of benzene rings is 2. The lowest BCUT2D eigenvalue weighted by Crippen LogP contribution is -1.95. The molecular weight excluding hydrogens is 287 g/mol. The van der Waals surface area contributed by atoms with Crippen LogP contribution < -0.4 is 0 Å². The Kier molecular flexibility index (Phi) is 3.67. The van der Waals surface area contributed by atoms with Crippen LogP contribution in [0.3, 0.4) is 0 Å². The van der Waals surface area contributed by atoms with Gasteiger partial charge in [0.05, 0.1) is 5.69 Å². The van der Waals surface area contributed by atoms with Gasteiger partial charge < -0.3 is 0 Å². The van der Waals surface area contributed by atoms with Crippen LogP contribution in [0.5, 0.6) is 0 Å². The van der Waals surface area contributed by atoms with Crippen LogP contribution >= 0.6 is 11.6 Å². The second-order valence-electron chi connectivity index (χ2n) is 4.78. The van der Waals surface area contributed by atoms with Crippen LogP contribution in [-0.2, 0) is 0 Å². The van der Waals surface area contributed by atoms with Gasteiger partial charge in [0.15, 0.2) is 5.82 Å². The van der Waals surface area contributed by atoms with E-state index < -0.39 is 5.95 Å². The van der Waals surface area contributed by atoms with Crippen molar-refractivity contribution in [2.45, 2.75) is 6.92 Å². The molecule has 0 spiro atoms. The second kappa shape index (κ2) is 5.62. The van der Waals surface area contributed by atoms with Gasteiger partial charge in [0.25, 0.3) is 0 Å². The summed E-state index contributed by atoms with van der Waals surface area (Å²) in [6.07, 6.45) is 0. The molecule has 2 aromatic carbocycles. The average Bonchev–Trinajstić information content (AvgIpc) is 2.47. The molecule has 104 valence electrons. The van der Waals surface area contributed by atoms with Gasteiger partial charge in [0.1, 0.15) is 0 Å². The molecule has 1 heterocycles. The highest BCUT2D eigenvalue weighted by molar-refractivity contribution is 6.30. The molecule has 0 bridgehead atoms. The summed E-state index contributed by atoms with van der Waals surface area (Å²) in [6, 6.07) is 16.2. The summed E-state index contributed by atoms with van der Waals surface area (Å²) in [5, 5.41) is 0.567. The van der Waals surface area contributed by atoms with E-state index in [9.17, 15) is 4.39 Å². The molecule has 0 aliphatic heterocycles. The van der Waals surface area contributed by atoms with E-state index in [1.807, 2.05) is 31.2 Å². The van der Waals surface area contributed by atoms with Crippen molar-refractivity contribution in [1.82, 2.24) is 9.97 Å². The third-order valence-corrected chi connectivity index (χ3v) is 3.36. The van der Waals surface area contributed by atoms with Gasteiger partial charge in [-0.05, 0) is 19.1 Å². The molecule has 0 saturated heterocycles. The Bertz CT molecular complexity index is 785. The van der Waals surface area contributed by atoms with Gasteiger partial charge >= 0.3 is 0 Å². The molecule has 0 aliphatic rings. The Morgan fingerprint density at radius 1 is 0.905 bits per heavy atom. The normalized spacial score (nSPS) is 10.6. The summed E-state index contributed by atoms with van der Waals surface area (Å²) in [7, 11) is 0. The first-order chi connectivity index (χ1) is 10.1. The van der Waals surface area contributed by atoms with Crippen LogP contribution in [0.25, 0.3) is 22.6 Å². The number of rotatable bonds is 2. The maximum absolute atomic E-state index is 13.8. The molecule has 0 unspecified atom stereocenters. The Labute approximate surface area is 127 Å². The molecule has 3 rings (SSSR count). The predicted molar refractivity (Wildman–Crippen MR) is 82.6 cm³/mol. The maximum atomic E-state index is 13.8. The van der Waals surface area contributed by atoms with Crippen molar-refractivity contribution in [2.75, 3.05) is 0 Å². The quantitative estimate of drug-likeness (QED) is 0.628. The van der Waals surface area contributed by atoms with Gasteiger partial charge in [0, 0.05) is 22.2 Å². The van der Waals surface area contributed by atoms with E-state index in [4.69, 9.17) is 11.6 Å². The molecule has 0 aliphatic carbocycles. The van der Waals surface area contributed by atoms with Crippen LogP contribution in [0, 0.1) is 12.9 Å². The molecule has 0 fully saturated rings. The molecule has 2 nitrogen and oxygen atoms in total. The van der Waals surface area contributed by atoms with Gasteiger partial charge in [-0.25, -0.2) is 4.98 Å². The van der Waals surface area contributed by atoms with Gasteiger partial charge in [0.2, 0.25) is 5.95 Å². The molecule has 0 N–H and O–H groups in total. The fraction of sp³-hybridized carbons (Fsp3) is 0.0588. The minimum absolute atomic E-state index is 0.327. The van der Waals surface area contributed by atoms with Gasteiger partial charge in [-0.2, -0.15) is 9.37 Å². The predicted octanol–water partition coefficient (Wildman–Crippen LogP) is 4.91. The second-order valence-corrected chi connectivity index (χ2v) is 5.21. The molecular formula is C17H12ClFN2. The zero-order valence-electron chi connectivity index (χ0n) is 11.3. The molecule has 1 aromatic heterocycles. The number of hydrogen-bond acceptors (Lipinski definition) is 2. The standard InChI is InChI=1S/C17H12ClFN2/c1-11-5-7-12(8-6-11)15-10-16(19)21-17(20-15)13-3-2-4-14(18)9-13/h2-10H,1H3. The highest BCUT2D eigenvalue weighted by atomic mass is 35.5. The number of halogens is 2. The number of aryl methyl sites for hydroxylation is 1. The van der Waals surface area contributed by atoms with Gasteiger partial charge in [-0.3, -0.25) is 0 Å². The van der Waals surface area contributed by atoms with E-state index in [1.54, 1.807) is 24.3 Å². The third kappa shape index (κ3) is 3.09. The van der Waals surface area contributed by atoms with Crippen molar-refractivity contribution in [3.63, 3.8) is 0 Å². The molecule has 0 amide bonds. The minimum atomic E-state index is -0.560. The largest absolute Gasteiger partial charge is 0.228 e. The third-order valence-electron chi connectivity index (χ3n) is 3.13. The van der Waals surface area contributed by atoms with E-state index in [0.29, 0.717) is 22.1 Å². The first kappa shape index (κ1) is 13.7. The molecule has 0 radical (unpaired) electrons. The summed E-state index contributed by atoms with van der Waals surface area (Å²) in [4.78, 5) is 8.29. The van der Waals surface area contributed by atoms with Crippen molar-refractivity contribution in [2.24, 2.45) is 0 Å². The van der Waals surface area contributed by atoms with Crippen molar-refractivity contribution in [3.05, 3.63) is 71.1 Å². The van der Waals surface area contributed by atoms with E-state index in [2.05, 4.69) is 9.97 Å². The molecule has 21 heavy (non-hydrogen) atoms. The number of aromatic nitrogens is 2. The fourth-order valence-electron chi connectivity index (χ4n) is 2.05. The molecule has 0 saturated carbocycles. The van der Waals surface area contributed by atoms with Gasteiger partial charge in [-0.1, -0.05) is 53.6 Å². The van der Waals surface area contributed by atoms with Crippen molar-refractivity contribution in [1.29, 1.82) is 0 Å². The van der Waals surface area contributed by atoms with E-state index in [-0.39, 0.29) is 0 Å². The summed E-state index contributed by atoms with van der Waals surface area (Å²) < 4.78 is 13.8. The molecule has 0 atom stereocenters. The van der Waals surface area contributed by atoms with E-state index in [1.165, 1.54) is 6.07 Å². The average molecular weight is 299 g/mol. The summed E-state index contributed by atoms with van der Waals surface area (Å²) in [5.41, 5.74) is 3.24. The lowest BCUT2D eigenvalue weighted by Gasteiger charge is -2.06. The fourth-order valence-corrected chi connectivity index (χ4v) is 2.24. The Morgan fingerprint density at radius 3 is 2.38 bits per heavy atom. The monoisotopic (exact) mass is 298 g/mol. The van der Waals surface area contributed by atoms with Crippen LogP contribution in [0.1, 0.15) is 5.56 Å². The van der Waals surface area contributed by atoms with Crippen LogP contribution in [0.2, 0.25) is 5.02 Å². The number of hydrogen-bond donors (Lipinski definition) is 0. The van der Waals surface area contributed by atoms with E-state index in [0.717, 1.165) is 11.1 Å². The van der Waals surface area contributed by atoms with Crippen molar-refractivity contribution in [3.8, 4) is 22.6 Å². The minimum Gasteiger partial charge on any atom is -0.228 e. The highest BCUT2D eigenvalue weighted by Gasteiger charge is 2.09. The Morgan fingerprint density at radius 2 is 1.67 bits per heavy atom. The molecule has 3 aromatic rings. The van der Waals surface area contributed by atoms with Crippen LogP contribution in [0.4, 0.5) is 4.39 Å². The summed E-state index contributed by atoms with van der Waals surface area (Å²) in [5.74, 6) is -0.233. The zero-order valence-corrected chi connectivity index (χ0v) is 12.1. The van der Waals surface area contributed by atoms with Crippen molar-refractivity contribution < 1.29 is 4.39 Å². The molecule has 4 heteroatoms.